The van der Waals surface area contributed by atoms with Crippen LogP contribution in [0.15, 0.2) is 18.2 Å². The molecule has 2 heterocycles. The quantitative estimate of drug-likeness (QED) is 0.850. The number of hydrogen-bond donors (Lipinski definition) is 0. The molecule has 2 amide bonds. The van der Waals surface area contributed by atoms with Crippen LogP contribution in [0, 0.1) is 5.82 Å². The fraction of sp³-hybridized carbons (Fsp3) is 0.556. The Morgan fingerprint density at radius 1 is 1.33 bits per heavy atom. The highest BCUT2D eigenvalue weighted by atomic mass is 19.1. The van der Waals surface area contributed by atoms with E-state index in [0.29, 0.717) is 26.1 Å². The van der Waals surface area contributed by atoms with E-state index in [1.807, 2.05) is 4.90 Å². The first-order chi connectivity index (χ1) is 11.6. The summed E-state index contributed by atoms with van der Waals surface area (Å²) in [5.41, 5.74) is 0.255. The summed E-state index contributed by atoms with van der Waals surface area (Å²) in [5.74, 6) is -0.556. The number of para-hydroxylation sites is 1. The van der Waals surface area contributed by atoms with Crippen LogP contribution < -0.4 is 4.74 Å². The fourth-order valence-corrected chi connectivity index (χ4v) is 3.59. The van der Waals surface area contributed by atoms with Gasteiger partial charge in [0.2, 0.25) is 5.91 Å². The molecule has 1 atom stereocenters. The monoisotopic (exact) mass is 334 g/mol. The molecule has 2 aliphatic rings. The molecule has 1 aromatic rings. The standard InChI is InChI=1S/C18H23FN2O3/c1-2-24-17-14(7-3-8-15(17)19)18(23)20-10-4-6-13(12-20)21-11-5-9-16(21)22/h3,7-8,13H,2,4-6,9-12H2,1H3/t13-/m1/s1. The zero-order valence-corrected chi connectivity index (χ0v) is 14.0. The summed E-state index contributed by atoms with van der Waals surface area (Å²) in [5, 5.41) is 0. The van der Waals surface area contributed by atoms with E-state index in [-0.39, 0.29) is 29.2 Å². The van der Waals surface area contributed by atoms with Gasteiger partial charge in [0.1, 0.15) is 0 Å². The summed E-state index contributed by atoms with van der Waals surface area (Å²) >= 11 is 0. The molecule has 6 heteroatoms. The van der Waals surface area contributed by atoms with E-state index in [0.717, 1.165) is 25.8 Å². The number of ether oxygens (including phenoxy) is 1. The number of hydrogen-bond acceptors (Lipinski definition) is 3. The van der Waals surface area contributed by atoms with Gasteiger partial charge in [-0.2, -0.15) is 0 Å². The largest absolute Gasteiger partial charge is 0.490 e. The second kappa shape index (κ2) is 7.20. The van der Waals surface area contributed by atoms with Crippen molar-refractivity contribution in [2.45, 2.75) is 38.6 Å². The number of carbonyl (C=O) groups is 2. The molecule has 0 bridgehead atoms. The van der Waals surface area contributed by atoms with E-state index < -0.39 is 5.82 Å². The molecular formula is C18H23FN2O3. The molecule has 2 saturated heterocycles. The van der Waals surface area contributed by atoms with Crippen LogP contribution in [-0.4, -0.2) is 53.9 Å². The average molecular weight is 334 g/mol. The van der Waals surface area contributed by atoms with Crippen molar-refractivity contribution in [1.82, 2.24) is 9.80 Å². The molecule has 1 aromatic carbocycles. The SMILES string of the molecule is CCOc1c(F)cccc1C(=O)N1CCC[C@@H](N2CCCC2=O)C1. The molecular weight excluding hydrogens is 311 g/mol. The topological polar surface area (TPSA) is 49.9 Å². The highest BCUT2D eigenvalue weighted by Gasteiger charge is 2.33. The third-order valence-electron chi connectivity index (χ3n) is 4.72. The molecule has 0 unspecified atom stereocenters. The van der Waals surface area contributed by atoms with Crippen molar-refractivity contribution in [2.75, 3.05) is 26.2 Å². The Morgan fingerprint density at radius 2 is 2.17 bits per heavy atom. The molecule has 0 spiro atoms. The Kier molecular flexibility index (Phi) is 5.02. The maximum atomic E-state index is 14.0. The minimum atomic E-state index is -0.522. The van der Waals surface area contributed by atoms with E-state index in [2.05, 4.69) is 0 Å². The number of halogens is 1. The van der Waals surface area contributed by atoms with Gasteiger partial charge >= 0.3 is 0 Å². The van der Waals surface area contributed by atoms with Crippen LogP contribution in [0.1, 0.15) is 43.0 Å². The van der Waals surface area contributed by atoms with Crippen molar-refractivity contribution in [3.05, 3.63) is 29.6 Å². The number of amides is 2. The summed E-state index contributed by atoms with van der Waals surface area (Å²) in [6.07, 6.45) is 3.25. The highest BCUT2D eigenvalue weighted by Crippen LogP contribution is 2.27. The second-order valence-electron chi connectivity index (χ2n) is 6.29. The minimum absolute atomic E-state index is 0.0179. The van der Waals surface area contributed by atoms with Gasteiger partial charge in [-0.05, 0) is 38.3 Å². The molecule has 2 aliphatic heterocycles. The van der Waals surface area contributed by atoms with E-state index in [1.165, 1.54) is 12.1 Å². The lowest BCUT2D eigenvalue weighted by atomic mass is 10.0. The normalized spacial score (nSPS) is 21.2. The lowest BCUT2D eigenvalue weighted by Crippen LogP contribution is -2.50. The van der Waals surface area contributed by atoms with E-state index in [1.54, 1.807) is 17.9 Å². The van der Waals surface area contributed by atoms with Gasteiger partial charge in [-0.1, -0.05) is 6.07 Å². The zero-order valence-electron chi connectivity index (χ0n) is 14.0. The number of carbonyl (C=O) groups excluding carboxylic acids is 2. The van der Waals surface area contributed by atoms with Crippen molar-refractivity contribution >= 4 is 11.8 Å². The van der Waals surface area contributed by atoms with Gasteiger partial charge in [0, 0.05) is 32.1 Å². The number of likely N-dealkylation sites (tertiary alicyclic amines) is 2. The number of nitrogens with zero attached hydrogens (tertiary/aromatic N) is 2. The van der Waals surface area contributed by atoms with Gasteiger partial charge in [-0.3, -0.25) is 9.59 Å². The maximum Gasteiger partial charge on any atom is 0.257 e. The van der Waals surface area contributed by atoms with Crippen molar-refractivity contribution < 1.29 is 18.7 Å². The van der Waals surface area contributed by atoms with Crippen LogP contribution in [0.2, 0.25) is 0 Å². The Labute approximate surface area is 141 Å². The summed E-state index contributed by atoms with van der Waals surface area (Å²) in [6.45, 7) is 3.96. The first-order valence-corrected chi connectivity index (χ1v) is 8.62. The highest BCUT2D eigenvalue weighted by molar-refractivity contribution is 5.97. The summed E-state index contributed by atoms with van der Waals surface area (Å²) in [4.78, 5) is 28.4. The van der Waals surface area contributed by atoms with Crippen LogP contribution in [0.25, 0.3) is 0 Å². The molecule has 0 radical (unpaired) electrons. The van der Waals surface area contributed by atoms with Crippen molar-refractivity contribution in [3.8, 4) is 5.75 Å². The molecule has 0 aliphatic carbocycles. The van der Waals surface area contributed by atoms with Crippen molar-refractivity contribution in [1.29, 1.82) is 0 Å². The van der Waals surface area contributed by atoms with Gasteiger partial charge in [0.05, 0.1) is 12.2 Å². The van der Waals surface area contributed by atoms with Crippen LogP contribution in [-0.2, 0) is 4.79 Å². The Hall–Kier alpha value is -2.11. The van der Waals surface area contributed by atoms with E-state index in [9.17, 15) is 14.0 Å². The fourth-order valence-electron chi connectivity index (χ4n) is 3.59. The lowest BCUT2D eigenvalue weighted by molar-refractivity contribution is -0.130. The molecule has 0 saturated carbocycles. The third-order valence-corrected chi connectivity index (χ3v) is 4.72. The summed E-state index contributed by atoms with van der Waals surface area (Å²) < 4.78 is 19.3. The molecule has 2 fully saturated rings. The van der Waals surface area contributed by atoms with Crippen LogP contribution >= 0.6 is 0 Å². The minimum Gasteiger partial charge on any atom is -0.490 e. The first-order valence-electron chi connectivity index (χ1n) is 8.62. The molecule has 130 valence electrons. The number of piperidine rings is 1. The van der Waals surface area contributed by atoms with Crippen molar-refractivity contribution in [2.24, 2.45) is 0 Å². The smallest absolute Gasteiger partial charge is 0.257 e. The molecule has 0 aromatic heterocycles. The van der Waals surface area contributed by atoms with Crippen molar-refractivity contribution in [3.63, 3.8) is 0 Å². The zero-order chi connectivity index (χ0) is 17.1. The molecule has 5 nitrogen and oxygen atoms in total. The number of rotatable bonds is 4. The van der Waals surface area contributed by atoms with Gasteiger partial charge < -0.3 is 14.5 Å². The Morgan fingerprint density at radius 3 is 2.88 bits per heavy atom. The summed E-state index contributed by atoms with van der Waals surface area (Å²) in [7, 11) is 0. The van der Waals surface area contributed by atoms with Crippen LogP contribution in [0.5, 0.6) is 5.75 Å². The van der Waals surface area contributed by atoms with Gasteiger partial charge in [0.25, 0.3) is 5.91 Å². The molecule has 0 N–H and O–H groups in total. The lowest BCUT2D eigenvalue weighted by Gasteiger charge is -2.37. The van der Waals surface area contributed by atoms with Crippen LogP contribution in [0.4, 0.5) is 4.39 Å². The summed E-state index contributed by atoms with van der Waals surface area (Å²) in [6, 6.07) is 4.49. The first kappa shape index (κ1) is 16.7. The number of benzene rings is 1. The second-order valence-corrected chi connectivity index (χ2v) is 6.29. The molecule has 24 heavy (non-hydrogen) atoms. The predicted octanol–water partition coefficient (Wildman–Crippen LogP) is 2.45. The molecule has 3 rings (SSSR count). The van der Waals surface area contributed by atoms with E-state index in [4.69, 9.17) is 4.74 Å². The van der Waals surface area contributed by atoms with Gasteiger partial charge in [-0.15, -0.1) is 0 Å². The maximum absolute atomic E-state index is 14.0. The Balaban J connectivity index is 1.77. The average Bonchev–Trinajstić information content (AvgIpc) is 3.02. The van der Waals surface area contributed by atoms with E-state index >= 15 is 0 Å². The van der Waals surface area contributed by atoms with Crippen LogP contribution in [0.3, 0.4) is 0 Å². The third kappa shape index (κ3) is 3.23. The predicted molar refractivity (Wildman–Crippen MR) is 87.4 cm³/mol. The van der Waals surface area contributed by atoms with Gasteiger partial charge in [0.15, 0.2) is 11.6 Å². The van der Waals surface area contributed by atoms with Gasteiger partial charge in [-0.25, -0.2) is 4.39 Å². The Bertz CT molecular complexity index is 635.